The molecular weight excluding hydrogens is 280 g/mol. The summed E-state index contributed by atoms with van der Waals surface area (Å²) < 4.78 is 0. The topological polar surface area (TPSA) is 83.6 Å². The number of carboxylic acid groups (broad SMARTS) is 1. The maximum absolute atomic E-state index is 11.2. The van der Waals surface area contributed by atoms with Crippen molar-refractivity contribution in [2.24, 2.45) is 5.73 Å². The average molecular weight is 299 g/mol. The van der Waals surface area contributed by atoms with Crippen LogP contribution in [-0.4, -0.2) is 34.6 Å². The number of halogens is 1. The van der Waals surface area contributed by atoms with E-state index in [9.17, 15) is 9.59 Å². The zero-order valence-electron chi connectivity index (χ0n) is 11.1. The minimum atomic E-state index is -0.849. The summed E-state index contributed by atoms with van der Waals surface area (Å²) in [6, 6.07) is 7.09. The highest BCUT2D eigenvalue weighted by Gasteiger charge is 2.26. The van der Waals surface area contributed by atoms with E-state index in [4.69, 9.17) is 10.8 Å². The lowest BCUT2D eigenvalue weighted by atomic mass is 9.95. The Hall–Kier alpha value is -1.75. The number of amides is 2. The zero-order valence-corrected chi connectivity index (χ0v) is 11.9. The van der Waals surface area contributed by atoms with Gasteiger partial charge >= 0.3 is 6.09 Å². The van der Waals surface area contributed by atoms with Gasteiger partial charge in [0.1, 0.15) is 0 Å². The highest BCUT2D eigenvalue weighted by atomic mass is 35.5. The van der Waals surface area contributed by atoms with Crippen LogP contribution in [0.3, 0.4) is 0 Å². The predicted octanol–water partition coefficient (Wildman–Crippen LogP) is 2.28. The van der Waals surface area contributed by atoms with E-state index in [1.54, 1.807) is 12.1 Å². The van der Waals surface area contributed by atoms with Crippen LogP contribution in [0.15, 0.2) is 24.3 Å². The molecule has 1 unspecified atom stereocenters. The number of benzene rings is 1. The number of rotatable bonds is 3. The SMILES string of the molecule is Cl.NC(=O)c1ccc(CC2CCCCN2C(=O)O)cc1. The molecule has 0 radical (unpaired) electrons. The Morgan fingerprint density at radius 2 is 1.90 bits per heavy atom. The van der Waals surface area contributed by atoms with Crippen molar-refractivity contribution in [1.29, 1.82) is 0 Å². The number of carbonyl (C=O) groups excluding carboxylic acids is 1. The third kappa shape index (κ3) is 3.87. The molecule has 1 heterocycles. The zero-order chi connectivity index (χ0) is 13.8. The minimum Gasteiger partial charge on any atom is -0.465 e. The summed E-state index contributed by atoms with van der Waals surface area (Å²) in [5.74, 6) is -0.448. The summed E-state index contributed by atoms with van der Waals surface area (Å²) in [4.78, 5) is 23.7. The first kappa shape index (κ1) is 16.3. The molecule has 2 amide bonds. The highest BCUT2D eigenvalue weighted by molar-refractivity contribution is 5.92. The second-order valence-electron chi connectivity index (χ2n) is 4.89. The normalized spacial score (nSPS) is 18.2. The van der Waals surface area contributed by atoms with Crippen LogP contribution in [0.2, 0.25) is 0 Å². The second-order valence-corrected chi connectivity index (χ2v) is 4.89. The molecule has 1 aromatic carbocycles. The Morgan fingerprint density at radius 1 is 1.25 bits per heavy atom. The average Bonchev–Trinajstić information content (AvgIpc) is 2.39. The molecule has 110 valence electrons. The van der Waals surface area contributed by atoms with E-state index in [0.29, 0.717) is 18.5 Å². The fourth-order valence-corrected chi connectivity index (χ4v) is 2.54. The summed E-state index contributed by atoms with van der Waals surface area (Å²) in [6.07, 6.45) is 2.73. The standard InChI is InChI=1S/C14H18N2O3.ClH/c15-13(17)11-6-4-10(5-7-11)9-12-3-1-2-8-16(12)14(18)19;/h4-7,12H,1-3,8-9H2,(H2,15,17)(H,18,19);1H. The van der Waals surface area contributed by atoms with Gasteiger partial charge in [-0.25, -0.2) is 4.79 Å². The molecule has 1 saturated heterocycles. The third-order valence-corrected chi connectivity index (χ3v) is 3.58. The van der Waals surface area contributed by atoms with Gasteiger partial charge in [-0.1, -0.05) is 12.1 Å². The molecule has 0 saturated carbocycles. The van der Waals surface area contributed by atoms with Crippen molar-refractivity contribution in [3.63, 3.8) is 0 Å². The molecule has 0 aliphatic carbocycles. The monoisotopic (exact) mass is 298 g/mol. The van der Waals surface area contributed by atoms with Gasteiger partial charge in [-0.05, 0) is 43.4 Å². The first-order valence-electron chi connectivity index (χ1n) is 6.46. The van der Waals surface area contributed by atoms with Crippen LogP contribution in [0.25, 0.3) is 0 Å². The molecule has 1 aliphatic rings. The van der Waals surface area contributed by atoms with Gasteiger partial charge in [0.25, 0.3) is 0 Å². The molecule has 0 spiro atoms. The molecule has 5 nitrogen and oxygen atoms in total. The van der Waals surface area contributed by atoms with Crippen molar-refractivity contribution in [2.45, 2.75) is 31.7 Å². The van der Waals surface area contributed by atoms with Crippen molar-refractivity contribution in [3.05, 3.63) is 35.4 Å². The molecule has 0 aromatic heterocycles. The van der Waals surface area contributed by atoms with E-state index < -0.39 is 12.0 Å². The van der Waals surface area contributed by atoms with Gasteiger partial charge in [0, 0.05) is 18.2 Å². The van der Waals surface area contributed by atoms with Crippen molar-refractivity contribution >= 4 is 24.4 Å². The van der Waals surface area contributed by atoms with Crippen molar-refractivity contribution < 1.29 is 14.7 Å². The van der Waals surface area contributed by atoms with E-state index in [-0.39, 0.29) is 18.4 Å². The molecule has 6 heteroatoms. The summed E-state index contributed by atoms with van der Waals surface area (Å²) in [5, 5.41) is 9.17. The van der Waals surface area contributed by atoms with Crippen molar-refractivity contribution in [1.82, 2.24) is 4.90 Å². The molecular formula is C14H19ClN2O3. The van der Waals surface area contributed by atoms with Crippen LogP contribution in [0.4, 0.5) is 4.79 Å². The van der Waals surface area contributed by atoms with Gasteiger partial charge < -0.3 is 15.7 Å². The predicted molar refractivity (Wildman–Crippen MR) is 78.3 cm³/mol. The van der Waals surface area contributed by atoms with Crippen LogP contribution in [0, 0.1) is 0 Å². The van der Waals surface area contributed by atoms with Gasteiger partial charge in [0.05, 0.1) is 0 Å². The maximum atomic E-state index is 11.2. The molecule has 1 atom stereocenters. The summed E-state index contributed by atoms with van der Waals surface area (Å²) in [6.45, 7) is 0.610. The first-order valence-corrected chi connectivity index (χ1v) is 6.46. The van der Waals surface area contributed by atoms with Crippen LogP contribution < -0.4 is 5.73 Å². The van der Waals surface area contributed by atoms with Gasteiger partial charge in [0.15, 0.2) is 0 Å². The summed E-state index contributed by atoms with van der Waals surface area (Å²) in [7, 11) is 0. The van der Waals surface area contributed by atoms with E-state index in [1.807, 2.05) is 12.1 Å². The minimum absolute atomic E-state index is 0. The van der Waals surface area contributed by atoms with E-state index in [2.05, 4.69) is 0 Å². The fourth-order valence-electron chi connectivity index (χ4n) is 2.54. The number of hydrogen-bond donors (Lipinski definition) is 2. The summed E-state index contributed by atoms with van der Waals surface area (Å²) >= 11 is 0. The molecule has 0 bridgehead atoms. The van der Waals surface area contributed by atoms with Crippen molar-refractivity contribution in [2.75, 3.05) is 6.54 Å². The van der Waals surface area contributed by atoms with Crippen LogP contribution in [-0.2, 0) is 6.42 Å². The van der Waals surface area contributed by atoms with E-state index in [0.717, 1.165) is 24.8 Å². The smallest absolute Gasteiger partial charge is 0.407 e. The largest absolute Gasteiger partial charge is 0.465 e. The number of carbonyl (C=O) groups is 2. The number of nitrogens with zero attached hydrogens (tertiary/aromatic N) is 1. The van der Waals surface area contributed by atoms with Crippen LogP contribution >= 0.6 is 12.4 Å². The van der Waals surface area contributed by atoms with Gasteiger partial charge in [-0.15, -0.1) is 12.4 Å². The highest BCUT2D eigenvalue weighted by Crippen LogP contribution is 2.21. The molecule has 3 N–H and O–H groups in total. The Kier molecular flexibility index (Phi) is 5.82. The quantitative estimate of drug-likeness (QED) is 0.898. The first-order chi connectivity index (χ1) is 9.08. The van der Waals surface area contributed by atoms with Crippen molar-refractivity contribution in [3.8, 4) is 0 Å². The lowest BCUT2D eigenvalue weighted by Crippen LogP contribution is -2.44. The van der Waals surface area contributed by atoms with Gasteiger partial charge in [-0.3, -0.25) is 4.79 Å². The molecule has 1 aromatic rings. The Bertz CT molecular complexity index is 476. The number of piperidine rings is 1. The molecule has 1 aliphatic heterocycles. The third-order valence-electron chi connectivity index (χ3n) is 3.58. The Morgan fingerprint density at radius 3 is 2.45 bits per heavy atom. The Balaban J connectivity index is 0.00000200. The fraction of sp³-hybridized carbons (Fsp3) is 0.429. The number of likely N-dealkylation sites (tertiary alicyclic amines) is 1. The Labute approximate surface area is 124 Å². The molecule has 20 heavy (non-hydrogen) atoms. The number of nitrogens with two attached hydrogens (primary N) is 1. The van der Waals surface area contributed by atoms with E-state index in [1.165, 1.54) is 4.90 Å². The van der Waals surface area contributed by atoms with Crippen LogP contribution in [0.1, 0.15) is 35.2 Å². The molecule has 1 fully saturated rings. The lowest BCUT2D eigenvalue weighted by molar-refractivity contribution is 0.0999. The van der Waals surface area contributed by atoms with Gasteiger partial charge in [0.2, 0.25) is 5.91 Å². The second kappa shape index (κ2) is 7.14. The number of primary amides is 1. The maximum Gasteiger partial charge on any atom is 0.407 e. The van der Waals surface area contributed by atoms with E-state index >= 15 is 0 Å². The van der Waals surface area contributed by atoms with Crippen LogP contribution in [0.5, 0.6) is 0 Å². The summed E-state index contributed by atoms with van der Waals surface area (Å²) in [5.41, 5.74) is 6.69. The molecule has 2 rings (SSSR count). The van der Waals surface area contributed by atoms with Gasteiger partial charge in [-0.2, -0.15) is 0 Å². The number of hydrogen-bond acceptors (Lipinski definition) is 2. The lowest BCUT2D eigenvalue weighted by Gasteiger charge is -2.33.